The van der Waals surface area contributed by atoms with Crippen molar-refractivity contribution in [2.45, 2.75) is 6.42 Å². The molecule has 2 aromatic rings. The number of thiocarbonyl (C=S) groups is 1. The molecule has 0 bridgehead atoms. The zero-order chi connectivity index (χ0) is 15.2. The van der Waals surface area contributed by atoms with Gasteiger partial charge in [-0.25, -0.2) is 8.78 Å². The highest BCUT2D eigenvalue weighted by Crippen LogP contribution is 2.10. The molecule has 0 amide bonds. The van der Waals surface area contributed by atoms with Crippen molar-refractivity contribution >= 4 is 28.7 Å². The van der Waals surface area contributed by atoms with Crippen LogP contribution in [-0.2, 0) is 6.42 Å². The van der Waals surface area contributed by atoms with Crippen molar-refractivity contribution in [3.63, 3.8) is 0 Å². The second-order valence-electron chi connectivity index (χ2n) is 4.53. The summed E-state index contributed by atoms with van der Waals surface area (Å²) in [6.45, 7) is 0.476. The minimum Gasteiger partial charge on any atom is -0.399 e. The molecule has 0 fully saturated rings. The molecule has 4 N–H and O–H groups in total. The monoisotopic (exact) mass is 307 g/mol. The minimum atomic E-state index is -0.576. The first kappa shape index (κ1) is 15.2. The Hall–Kier alpha value is -2.21. The molecule has 110 valence electrons. The third-order valence-corrected chi connectivity index (χ3v) is 3.04. The van der Waals surface area contributed by atoms with Crippen molar-refractivity contribution in [3.8, 4) is 0 Å². The van der Waals surface area contributed by atoms with E-state index in [1.54, 1.807) is 12.1 Å². The van der Waals surface area contributed by atoms with Crippen LogP contribution in [0.2, 0.25) is 0 Å². The number of benzene rings is 2. The highest BCUT2D eigenvalue weighted by Gasteiger charge is 2.02. The number of nitrogen functional groups attached to an aromatic ring is 1. The van der Waals surface area contributed by atoms with E-state index >= 15 is 0 Å². The van der Waals surface area contributed by atoms with E-state index in [1.807, 2.05) is 12.1 Å². The zero-order valence-electron chi connectivity index (χ0n) is 11.2. The summed E-state index contributed by atoms with van der Waals surface area (Å²) < 4.78 is 26.1. The number of halogens is 2. The molecule has 3 nitrogen and oxygen atoms in total. The molecule has 2 aromatic carbocycles. The number of nitrogens with two attached hydrogens (primary N) is 1. The predicted octanol–water partition coefficient (Wildman–Crippen LogP) is 3.08. The maximum Gasteiger partial charge on any atom is 0.170 e. The molecule has 0 heterocycles. The zero-order valence-corrected chi connectivity index (χ0v) is 12.0. The van der Waals surface area contributed by atoms with E-state index in [0.717, 1.165) is 11.8 Å². The Morgan fingerprint density at radius 3 is 2.29 bits per heavy atom. The van der Waals surface area contributed by atoms with E-state index in [9.17, 15) is 8.78 Å². The molecule has 0 radical (unpaired) electrons. The Balaban J connectivity index is 1.80. The third-order valence-electron chi connectivity index (χ3n) is 2.79. The van der Waals surface area contributed by atoms with Crippen LogP contribution in [-0.4, -0.2) is 11.7 Å². The Bertz CT molecular complexity index is 609. The van der Waals surface area contributed by atoms with E-state index in [1.165, 1.54) is 12.1 Å². The molecular weight excluding hydrogens is 292 g/mol. The highest BCUT2D eigenvalue weighted by atomic mass is 32.1. The van der Waals surface area contributed by atoms with Gasteiger partial charge in [-0.3, -0.25) is 0 Å². The van der Waals surface area contributed by atoms with E-state index in [0.29, 0.717) is 29.3 Å². The molecule has 0 aromatic heterocycles. The number of nitrogens with one attached hydrogen (secondary N) is 2. The summed E-state index contributed by atoms with van der Waals surface area (Å²) in [6, 6.07) is 10.6. The van der Waals surface area contributed by atoms with E-state index < -0.39 is 11.6 Å². The summed E-state index contributed by atoms with van der Waals surface area (Å²) in [5.74, 6) is -1.15. The maximum absolute atomic E-state index is 13.0. The summed E-state index contributed by atoms with van der Waals surface area (Å²) in [4.78, 5) is 0. The van der Waals surface area contributed by atoms with Gasteiger partial charge in [-0.05, 0) is 60.6 Å². The van der Waals surface area contributed by atoms with Crippen molar-refractivity contribution in [1.29, 1.82) is 0 Å². The van der Waals surface area contributed by atoms with Crippen LogP contribution >= 0.6 is 12.2 Å². The first-order chi connectivity index (χ1) is 10.0. The highest BCUT2D eigenvalue weighted by molar-refractivity contribution is 7.80. The number of rotatable bonds is 4. The van der Waals surface area contributed by atoms with Crippen LogP contribution in [0.1, 0.15) is 5.56 Å². The van der Waals surface area contributed by atoms with Crippen molar-refractivity contribution in [2.75, 3.05) is 17.6 Å². The van der Waals surface area contributed by atoms with Crippen molar-refractivity contribution in [2.24, 2.45) is 0 Å². The number of hydrogen-bond donors (Lipinski definition) is 3. The summed E-state index contributed by atoms with van der Waals surface area (Å²) in [6.07, 6.45) is 0.470. The van der Waals surface area contributed by atoms with Gasteiger partial charge >= 0.3 is 0 Å². The normalized spacial score (nSPS) is 10.2. The lowest BCUT2D eigenvalue weighted by molar-refractivity contribution is 0.579. The average Bonchev–Trinajstić information content (AvgIpc) is 2.40. The predicted molar refractivity (Wildman–Crippen MR) is 85.1 cm³/mol. The number of hydrogen-bond acceptors (Lipinski definition) is 2. The van der Waals surface area contributed by atoms with Gasteiger partial charge in [0.15, 0.2) is 5.11 Å². The van der Waals surface area contributed by atoms with Gasteiger partial charge in [0, 0.05) is 24.0 Å². The van der Waals surface area contributed by atoms with Crippen LogP contribution in [0, 0.1) is 11.6 Å². The van der Waals surface area contributed by atoms with E-state index in [2.05, 4.69) is 10.6 Å². The van der Waals surface area contributed by atoms with Crippen molar-refractivity contribution in [1.82, 2.24) is 5.32 Å². The second-order valence-corrected chi connectivity index (χ2v) is 4.94. The quantitative estimate of drug-likeness (QED) is 0.600. The molecule has 0 aliphatic carbocycles. The molecule has 0 aliphatic rings. The van der Waals surface area contributed by atoms with Gasteiger partial charge in [-0.2, -0.15) is 0 Å². The maximum atomic E-state index is 13.0. The number of anilines is 2. The van der Waals surface area contributed by atoms with Gasteiger partial charge in [0.1, 0.15) is 11.6 Å². The molecule has 6 heteroatoms. The molecule has 2 rings (SSSR count). The summed E-state index contributed by atoms with van der Waals surface area (Å²) in [7, 11) is 0. The van der Waals surface area contributed by atoms with Gasteiger partial charge in [0.05, 0.1) is 0 Å². The summed E-state index contributed by atoms with van der Waals surface area (Å²) in [5.41, 5.74) is 7.66. The molecule has 0 aliphatic heterocycles. The molecule has 0 unspecified atom stereocenters. The fourth-order valence-corrected chi connectivity index (χ4v) is 2.04. The van der Waals surface area contributed by atoms with Crippen LogP contribution in [0.3, 0.4) is 0 Å². The fraction of sp³-hybridized carbons (Fsp3) is 0.133. The summed E-state index contributed by atoms with van der Waals surface area (Å²) in [5, 5.41) is 6.41. The second kappa shape index (κ2) is 6.99. The van der Waals surface area contributed by atoms with Crippen LogP contribution in [0.5, 0.6) is 0 Å². The molecule has 0 saturated heterocycles. The smallest absolute Gasteiger partial charge is 0.170 e. The average molecular weight is 307 g/mol. The molecule has 21 heavy (non-hydrogen) atoms. The first-order valence-electron chi connectivity index (χ1n) is 6.38. The Morgan fingerprint density at radius 1 is 1.05 bits per heavy atom. The molecular formula is C15H15F2N3S. The topological polar surface area (TPSA) is 50.1 Å². The Morgan fingerprint density at radius 2 is 1.67 bits per heavy atom. The Kier molecular flexibility index (Phi) is 5.05. The van der Waals surface area contributed by atoms with Gasteiger partial charge in [-0.1, -0.05) is 0 Å². The van der Waals surface area contributed by atoms with Gasteiger partial charge in [0.2, 0.25) is 0 Å². The standard InChI is InChI=1S/C15H15F2N3S/c16-11-7-10(8-12(17)9-11)5-6-19-15(21)20-14-3-1-13(18)2-4-14/h1-4,7-9H,5-6,18H2,(H2,19,20,21). The Labute approximate surface area is 127 Å². The summed E-state index contributed by atoms with van der Waals surface area (Å²) >= 11 is 5.13. The van der Waals surface area contributed by atoms with E-state index in [-0.39, 0.29) is 0 Å². The molecule has 0 spiro atoms. The van der Waals surface area contributed by atoms with Crippen molar-refractivity contribution in [3.05, 3.63) is 59.7 Å². The SMILES string of the molecule is Nc1ccc(NC(=S)NCCc2cc(F)cc(F)c2)cc1. The van der Waals surface area contributed by atoms with Crippen LogP contribution in [0.15, 0.2) is 42.5 Å². The van der Waals surface area contributed by atoms with Gasteiger partial charge < -0.3 is 16.4 Å². The lowest BCUT2D eigenvalue weighted by atomic mass is 10.1. The third kappa shape index (κ3) is 5.00. The van der Waals surface area contributed by atoms with Crippen LogP contribution in [0.4, 0.5) is 20.2 Å². The molecule has 0 atom stereocenters. The lowest BCUT2D eigenvalue weighted by Crippen LogP contribution is -2.30. The fourth-order valence-electron chi connectivity index (χ4n) is 1.82. The van der Waals surface area contributed by atoms with Crippen molar-refractivity contribution < 1.29 is 8.78 Å². The lowest BCUT2D eigenvalue weighted by Gasteiger charge is -2.10. The first-order valence-corrected chi connectivity index (χ1v) is 6.79. The minimum absolute atomic E-state index is 0.441. The van der Waals surface area contributed by atoms with Gasteiger partial charge in [-0.15, -0.1) is 0 Å². The molecule has 0 saturated carbocycles. The van der Waals surface area contributed by atoms with E-state index in [4.69, 9.17) is 18.0 Å². The largest absolute Gasteiger partial charge is 0.399 e. The van der Waals surface area contributed by atoms with Crippen LogP contribution < -0.4 is 16.4 Å². The van der Waals surface area contributed by atoms with Gasteiger partial charge in [0.25, 0.3) is 0 Å². The van der Waals surface area contributed by atoms with Crippen LogP contribution in [0.25, 0.3) is 0 Å².